The highest BCUT2D eigenvalue weighted by molar-refractivity contribution is 5.90. The van der Waals surface area contributed by atoms with E-state index in [1.807, 2.05) is 54.6 Å². The first kappa shape index (κ1) is 20.2. The van der Waals surface area contributed by atoms with Gasteiger partial charge in [0.1, 0.15) is 6.33 Å². The summed E-state index contributed by atoms with van der Waals surface area (Å²) in [6.45, 7) is 1.21. The van der Waals surface area contributed by atoms with Gasteiger partial charge in [0, 0.05) is 12.5 Å². The molecule has 150 valence electrons. The molecule has 0 radical (unpaired) electrons. The third-order valence-electron chi connectivity index (χ3n) is 4.61. The van der Waals surface area contributed by atoms with Crippen molar-refractivity contribution in [2.75, 3.05) is 0 Å². The van der Waals surface area contributed by atoms with E-state index in [1.165, 1.54) is 13.3 Å². The standard InChI is InChI=1S/C21H22N4O4/c1-21(29,20(27)28)12-17(24-19(26)18-22-13-23-25-18)11-14-7-9-16(10-8-14)15-5-3-2-4-6-15/h2-10,13,17,29H,11-12H2,1H3,(H,24,26)(H,27,28)(H,22,23,25). The summed E-state index contributed by atoms with van der Waals surface area (Å²) in [5.41, 5.74) is 1.05. The Morgan fingerprint density at radius 3 is 2.34 bits per heavy atom. The lowest BCUT2D eigenvalue weighted by Crippen LogP contribution is -2.46. The van der Waals surface area contributed by atoms with E-state index in [9.17, 15) is 19.8 Å². The van der Waals surface area contributed by atoms with Gasteiger partial charge in [-0.15, -0.1) is 0 Å². The second-order valence-corrected chi connectivity index (χ2v) is 7.05. The number of hydrogen-bond acceptors (Lipinski definition) is 5. The van der Waals surface area contributed by atoms with Gasteiger partial charge in [0.15, 0.2) is 5.60 Å². The fraction of sp³-hybridized carbons (Fsp3) is 0.238. The molecule has 2 aromatic carbocycles. The quantitative estimate of drug-likeness (QED) is 0.463. The molecule has 0 bridgehead atoms. The van der Waals surface area contributed by atoms with Crippen LogP contribution in [0.3, 0.4) is 0 Å². The van der Waals surface area contributed by atoms with Crippen molar-refractivity contribution in [2.45, 2.75) is 31.4 Å². The highest BCUT2D eigenvalue weighted by Gasteiger charge is 2.34. The van der Waals surface area contributed by atoms with E-state index in [1.54, 1.807) is 0 Å². The molecule has 0 saturated carbocycles. The van der Waals surface area contributed by atoms with E-state index in [4.69, 9.17) is 0 Å². The number of carboxylic acids is 1. The molecule has 2 atom stereocenters. The molecule has 1 aromatic heterocycles. The highest BCUT2D eigenvalue weighted by atomic mass is 16.4. The number of aliphatic carboxylic acids is 1. The fourth-order valence-electron chi connectivity index (χ4n) is 3.06. The van der Waals surface area contributed by atoms with Crippen LogP contribution in [0.2, 0.25) is 0 Å². The lowest BCUT2D eigenvalue weighted by molar-refractivity contribution is -0.157. The zero-order valence-electron chi connectivity index (χ0n) is 15.9. The molecule has 0 aliphatic heterocycles. The number of rotatable bonds is 8. The zero-order valence-corrected chi connectivity index (χ0v) is 15.9. The van der Waals surface area contributed by atoms with Crippen LogP contribution in [-0.4, -0.2) is 48.9 Å². The van der Waals surface area contributed by atoms with Crippen molar-refractivity contribution in [1.29, 1.82) is 0 Å². The molecule has 3 rings (SSSR count). The second-order valence-electron chi connectivity index (χ2n) is 7.05. The Balaban J connectivity index is 1.76. The molecule has 8 nitrogen and oxygen atoms in total. The van der Waals surface area contributed by atoms with Crippen LogP contribution < -0.4 is 5.32 Å². The first-order valence-electron chi connectivity index (χ1n) is 9.11. The smallest absolute Gasteiger partial charge is 0.335 e. The van der Waals surface area contributed by atoms with E-state index in [-0.39, 0.29) is 12.2 Å². The molecule has 0 spiro atoms. The highest BCUT2D eigenvalue weighted by Crippen LogP contribution is 2.21. The zero-order chi connectivity index (χ0) is 20.9. The first-order chi connectivity index (χ1) is 13.8. The van der Waals surface area contributed by atoms with E-state index in [2.05, 4.69) is 20.5 Å². The third-order valence-corrected chi connectivity index (χ3v) is 4.61. The van der Waals surface area contributed by atoms with Crippen LogP contribution in [0.1, 0.15) is 29.5 Å². The van der Waals surface area contributed by atoms with E-state index in [0.717, 1.165) is 16.7 Å². The number of hydrogen-bond donors (Lipinski definition) is 4. The maximum absolute atomic E-state index is 12.3. The number of H-pyrrole nitrogens is 1. The number of carboxylic acid groups (broad SMARTS) is 1. The monoisotopic (exact) mass is 394 g/mol. The Morgan fingerprint density at radius 1 is 1.10 bits per heavy atom. The van der Waals surface area contributed by atoms with Crippen molar-refractivity contribution >= 4 is 11.9 Å². The molecule has 0 aliphatic rings. The molecular weight excluding hydrogens is 372 g/mol. The Labute approximate surface area is 167 Å². The topological polar surface area (TPSA) is 128 Å². The van der Waals surface area contributed by atoms with Gasteiger partial charge in [-0.1, -0.05) is 54.6 Å². The number of benzene rings is 2. The number of carbonyl (C=O) groups excluding carboxylic acids is 1. The van der Waals surface area contributed by atoms with Gasteiger partial charge in [-0.3, -0.25) is 9.89 Å². The molecular formula is C21H22N4O4. The van der Waals surface area contributed by atoms with E-state index >= 15 is 0 Å². The van der Waals surface area contributed by atoms with Crippen LogP contribution in [0.5, 0.6) is 0 Å². The molecule has 0 saturated heterocycles. The van der Waals surface area contributed by atoms with Crippen LogP contribution >= 0.6 is 0 Å². The normalized spacial score (nSPS) is 14.0. The number of nitrogens with zero attached hydrogens (tertiary/aromatic N) is 2. The Bertz CT molecular complexity index is 954. The predicted molar refractivity (Wildman–Crippen MR) is 106 cm³/mol. The number of carbonyl (C=O) groups is 2. The van der Waals surface area contributed by atoms with Crippen LogP contribution in [0, 0.1) is 0 Å². The first-order valence-corrected chi connectivity index (χ1v) is 9.11. The minimum atomic E-state index is -1.98. The summed E-state index contributed by atoms with van der Waals surface area (Å²) in [4.78, 5) is 27.5. The Kier molecular flexibility index (Phi) is 6.04. The van der Waals surface area contributed by atoms with Crippen molar-refractivity contribution in [3.63, 3.8) is 0 Å². The number of amides is 1. The van der Waals surface area contributed by atoms with E-state index < -0.39 is 23.5 Å². The molecule has 1 heterocycles. The molecule has 29 heavy (non-hydrogen) atoms. The second kappa shape index (κ2) is 8.66. The SMILES string of the molecule is CC(O)(CC(Cc1ccc(-c2ccccc2)cc1)NC(=O)c1ncn[nH]1)C(=O)O. The number of aromatic amines is 1. The van der Waals surface area contributed by atoms with Gasteiger partial charge >= 0.3 is 5.97 Å². The van der Waals surface area contributed by atoms with Gasteiger partial charge in [-0.2, -0.15) is 5.10 Å². The summed E-state index contributed by atoms with van der Waals surface area (Å²) in [7, 11) is 0. The molecule has 4 N–H and O–H groups in total. The lowest BCUT2D eigenvalue weighted by atomic mass is 9.92. The van der Waals surface area contributed by atoms with Crippen molar-refractivity contribution < 1.29 is 19.8 Å². The van der Waals surface area contributed by atoms with Crippen molar-refractivity contribution in [2.24, 2.45) is 0 Å². The molecule has 2 unspecified atom stereocenters. The number of aromatic nitrogens is 3. The summed E-state index contributed by atoms with van der Waals surface area (Å²) in [6.07, 6.45) is 1.39. The van der Waals surface area contributed by atoms with Gasteiger partial charge in [-0.05, 0) is 30.0 Å². The molecule has 3 aromatic rings. The largest absolute Gasteiger partial charge is 0.479 e. The minimum Gasteiger partial charge on any atom is -0.479 e. The summed E-state index contributed by atoms with van der Waals surface area (Å²) in [5.74, 6) is -1.85. The summed E-state index contributed by atoms with van der Waals surface area (Å²) < 4.78 is 0. The van der Waals surface area contributed by atoms with E-state index in [0.29, 0.717) is 6.42 Å². The summed E-state index contributed by atoms with van der Waals surface area (Å²) >= 11 is 0. The molecule has 8 heteroatoms. The molecule has 0 fully saturated rings. The Morgan fingerprint density at radius 2 is 1.76 bits per heavy atom. The predicted octanol–water partition coefficient (Wildman–Crippen LogP) is 2.04. The van der Waals surface area contributed by atoms with Gasteiger partial charge in [0.2, 0.25) is 5.82 Å². The lowest BCUT2D eigenvalue weighted by Gasteiger charge is -2.25. The maximum atomic E-state index is 12.3. The average molecular weight is 394 g/mol. The molecule has 1 amide bonds. The van der Waals surface area contributed by atoms with Crippen LogP contribution in [-0.2, 0) is 11.2 Å². The summed E-state index contributed by atoms with van der Waals surface area (Å²) in [5, 5.41) is 28.3. The van der Waals surface area contributed by atoms with Crippen LogP contribution in [0.15, 0.2) is 60.9 Å². The van der Waals surface area contributed by atoms with Crippen LogP contribution in [0.25, 0.3) is 11.1 Å². The van der Waals surface area contributed by atoms with Gasteiger partial charge in [0.25, 0.3) is 5.91 Å². The van der Waals surface area contributed by atoms with Gasteiger partial charge < -0.3 is 15.5 Å². The summed E-state index contributed by atoms with van der Waals surface area (Å²) in [6, 6.07) is 17.1. The van der Waals surface area contributed by atoms with Crippen molar-refractivity contribution in [1.82, 2.24) is 20.5 Å². The van der Waals surface area contributed by atoms with Crippen LogP contribution in [0.4, 0.5) is 0 Å². The average Bonchev–Trinajstić information content (AvgIpc) is 3.24. The van der Waals surface area contributed by atoms with Gasteiger partial charge in [-0.25, -0.2) is 9.78 Å². The van der Waals surface area contributed by atoms with Crippen molar-refractivity contribution in [3.05, 3.63) is 72.3 Å². The third kappa shape index (κ3) is 5.26. The van der Waals surface area contributed by atoms with Gasteiger partial charge in [0.05, 0.1) is 0 Å². The maximum Gasteiger partial charge on any atom is 0.335 e. The molecule has 0 aliphatic carbocycles. The Hall–Kier alpha value is -3.52. The van der Waals surface area contributed by atoms with Crippen molar-refractivity contribution in [3.8, 4) is 11.1 Å². The fourth-order valence-corrected chi connectivity index (χ4v) is 3.06. The number of aliphatic hydroxyl groups is 1. The minimum absolute atomic E-state index is 0.0180. The number of nitrogens with one attached hydrogen (secondary N) is 2.